The quantitative estimate of drug-likeness (QED) is 0.0812. The van der Waals surface area contributed by atoms with E-state index in [1.54, 1.807) is 28.8 Å². The van der Waals surface area contributed by atoms with Crippen molar-refractivity contribution in [1.29, 1.82) is 0 Å². The molecule has 4 aromatic rings. The molecule has 0 aliphatic carbocycles. The number of carbonyl (C=O) groups excluding carboxylic acids is 2. The second-order valence-corrected chi connectivity index (χ2v) is 11.7. The summed E-state index contributed by atoms with van der Waals surface area (Å²) in [7, 11) is 0. The molecule has 0 spiro atoms. The van der Waals surface area contributed by atoms with Gasteiger partial charge in [-0.3, -0.25) is 9.59 Å². The second kappa shape index (κ2) is 17.4. The maximum absolute atomic E-state index is 14.0. The number of hydrogen-bond acceptors (Lipinski definition) is 5. The van der Waals surface area contributed by atoms with Crippen molar-refractivity contribution in [3.05, 3.63) is 101 Å². The predicted octanol–water partition coefficient (Wildman–Crippen LogP) is 7.86. The van der Waals surface area contributed by atoms with Crippen LogP contribution in [0.3, 0.4) is 0 Å². The summed E-state index contributed by atoms with van der Waals surface area (Å²) < 4.78 is 13.9. The van der Waals surface area contributed by atoms with Crippen molar-refractivity contribution in [2.24, 2.45) is 5.73 Å². The van der Waals surface area contributed by atoms with E-state index in [1.807, 2.05) is 48.5 Å². The molecule has 2 N–H and O–H groups in total. The third-order valence-electron chi connectivity index (χ3n) is 8.16. The van der Waals surface area contributed by atoms with Gasteiger partial charge in [0.25, 0.3) is 5.91 Å². The zero-order chi connectivity index (χ0) is 32.0. The predicted molar refractivity (Wildman–Crippen MR) is 182 cm³/mol. The maximum atomic E-state index is 14.0. The van der Waals surface area contributed by atoms with Gasteiger partial charge in [0.05, 0.1) is 23.4 Å². The topological polar surface area (TPSA) is 86.3 Å². The van der Waals surface area contributed by atoms with Gasteiger partial charge in [-0.25, -0.2) is 0 Å². The number of rotatable bonds is 20. The number of aromatic nitrogens is 1. The van der Waals surface area contributed by atoms with E-state index in [2.05, 4.69) is 25.7 Å². The van der Waals surface area contributed by atoms with Crippen LogP contribution in [0.1, 0.15) is 103 Å². The van der Waals surface area contributed by atoms with E-state index < -0.39 is 5.91 Å². The molecule has 0 saturated carbocycles. The molecule has 0 saturated heterocycles. The number of nitrogens with zero attached hydrogens (tertiary/aromatic N) is 2. The SMILES string of the molecule is CCCCc1c(C(N)=O)c2cc(OCc3ccccc3)ccn2c1C(=O)c1ccc(OCCCN(CCCC)CCCC)cc1. The molecule has 0 unspecified atom stereocenters. The highest BCUT2D eigenvalue weighted by Crippen LogP contribution is 2.30. The van der Waals surface area contributed by atoms with Crippen LogP contribution in [0.15, 0.2) is 72.9 Å². The highest BCUT2D eigenvalue weighted by atomic mass is 16.5. The number of primary amides is 1. The molecule has 0 fully saturated rings. The molecule has 2 heterocycles. The van der Waals surface area contributed by atoms with E-state index in [4.69, 9.17) is 15.2 Å². The lowest BCUT2D eigenvalue weighted by Gasteiger charge is -2.21. The van der Waals surface area contributed by atoms with Gasteiger partial charge < -0.3 is 24.5 Å². The summed E-state index contributed by atoms with van der Waals surface area (Å²) in [5.41, 5.74) is 9.62. The Morgan fingerprint density at radius 1 is 0.778 bits per heavy atom. The highest BCUT2D eigenvalue weighted by Gasteiger charge is 2.27. The van der Waals surface area contributed by atoms with Gasteiger partial charge in [0.1, 0.15) is 18.1 Å². The first-order valence-corrected chi connectivity index (χ1v) is 16.6. The van der Waals surface area contributed by atoms with Crippen LogP contribution in [0.5, 0.6) is 11.5 Å². The fourth-order valence-corrected chi connectivity index (χ4v) is 5.65. The van der Waals surface area contributed by atoms with Crippen molar-refractivity contribution >= 4 is 17.2 Å². The second-order valence-electron chi connectivity index (χ2n) is 11.7. The van der Waals surface area contributed by atoms with Gasteiger partial charge in [0.2, 0.25) is 5.78 Å². The summed E-state index contributed by atoms with van der Waals surface area (Å²) in [6.45, 7) is 10.9. The first-order chi connectivity index (χ1) is 22.0. The molecule has 240 valence electrons. The van der Waals surface area contributed by atoms with Crippen molar-refractivity contribution < 1.29 is 19.1 Å². The molecule has 0 atom stereocenters. The van der Waals surface area contributed by atoms with Gasteiger partial charge in [-0.05, 0) is 86.7 Å². The minimum atomic E-state index is -0.551. The number of carbonyl (C=O) groups is 2. The summed E-state index contributed by atoms with van der Waals surface area (Å²) in [4.78, 5) is 29.4. The van der Waals surface area contributed by atoms with Crippen LogP contribution < -0.4 is 15.2 Å². The average Bonchev–Trinajstić information content (AvgIpc) is 3.39. The van der Waals surface area contributed by atoms with E-state index in [0.717, 1.165) is 50.2 Å². The van der Waals surface area contributed by atoms with E-state index >= 15 is 0 Å². The first kappa shape index (κ1) is 33.8. The molecular weight excluding hydrogens is 562 g/mol. The van der Waals surface area contributed by atoms with Crippen LogP contribution in [0.25, 0.3) is 5.52 Å². The Bertz CT molecular complexity index is 1500. The number of hydrogen-bond donors (Lipinski definition) is 1. The molecule has 7 nitrogen and oxygen atoms in total. The molecule has 2 aromatic heterocycles. The smallest absolute Gasteiger partial charge is 0.251 e. The van der Waals surface area contributed by atoms with Crippen molar-refractivity contribution in [1.82, 2.24) is 9.30 Å². The Hall–Kier alpha value is -4.10. The van der Waals surface area contributed by atoms with Gasteiger partial charge in [0, 0.05) is 24.4 Å². The van der Waals surface area contributed by atoms with E-state index in [0.29, 0.717) is 53.3 Å². The molecule has 0 radical (unpaired) electrons. The fourth-order valence-electron chi connectivity index (χ4n) is 5.65. The zero-order valence-corrected chi connectivity index (χ0v) is 27.2. The Balaban J connectivity index is 1.51. The van der Waals surface area contributed by atoms with Crippen molar-refractivity contribution in [2.75, 3.05) is 26.2 Å². The number of benzene rings is 2. The average molecular weight is 612 g/mol. The van der Waals surface area contributed by atoms with Crippen molar-refractivity contribution in [3.63, 3.8) is 0 Å². The van der Waals surface area contributed by atoms with Gasteiger partial charge in [-0.1, -0.05) is 70.4 Å². The molecule has 2 aromatic carbocycles. The molecule has 0 bridgehead atoms. The maximum Gasteiger partial charge on any atom is 0.251 e. The lowest BCUT2D eigenvalue weighted by atomic mass is 9.98. The van der Waals surface area contributed by atoms with Crippen molar-refractivity contribution in [3.8, 4) is 11.5 Å². The molecule has 1 amide bonds. The summed E-state index contributed by atoms with van der Waals surface area (Å²) in [6.07, 6.45) is 9.94. The number of amides is 1. The molecule has 0 aliphatic rings. The summed E-state index contributed by atoms with van der Waals surface area (Å²) in [5, 5.41) is 0. The van der Waals surface area contributed by atoms with E-state index in [-0.39, 0.29) is 5.78 Å². The Kier molecular flexibility index (Phi) is 13.1. The highest BCUT2D eigenvalue weighted by molar-refractivity contribution is 6.13. The van der Waals surface area contributed by atoms with Gasteiger partial charge in [-0.15, -0.1) is 0 Å². The van der Waals surface area contributed by atoms with E-state index in [9.17, 15) is 9.59 Å². The molecule has 4 rings (SSSR count). The lowest BCUT2D eigenvalue weighted by Crippen LogP contribution is -2.28. The summed E-state index contributed by atoms with van der Waals surface area (Å²) >= 11 is 0. The van der Waals surface area contributed by atoms with Crippen LogP contribution >= 0.6 is 0 Å². The third kappa shape index (κ3) is 9.21. The van der Waals surface area contributed by atoms with E-state index in [1.165, 1.54) is 25.7 Å². The number of pyridine rings is 1. The fraction of sp³-hybridized carbons (Fsp3) is 0.421. The molecule has 0 aliphatic heterocycles. The largest absolute Gasteiger partial charge is 0.494 e. The van der Waals surface area contributed by atoms with Crippen LogP contribution in [-0.2, 0) is 13.0 Å². The minimum Gasteiger partial charge on any atom is -0.494 e. The summed E-state index contributed by atoms with van der Waals surface area (Å²) in [6, 6.07) is 20.8. The Morgan fingerprint density at radius 2 is 1.44 bits per heavy atom. The number of unbranched alkanes of at least 4 members (excludes halogenated alkanes) is 3. The molecule has 45 heavy (non-hydrogen) atoms. The standard InChI is InChI=1S/C38H49N3O4/c1-4-7-16-33-35(38(39)43)34-27-32(45-28-29-14-11-10-12-15-29)21-25-41(34)36(33)37(42)30-17-19-31(20-18-30)44-26-13-24-40(22-8-5-2)23-9-6-3/h10-12,14-15,17-21,25,27H,4-9,13,16,22-24,26,28H2,1-3H3,(H2,39,43). The summed E-state index contributed by atoms with van der Waals surface area (Å²) in [5.74, 6) is 0.636. The van der Waals surface area contributed by atoms with Crippen molar-refractivity contribution in [2.45, 2.75) is 78.7 Å². The Morgan fingerprint density at radius 3 is 2.09 bits per heavy atom. The number of ketones is 1. The van der Waals surface area contributed by atoms with Crippen LogP contribution in [0, 0.1) is 0 Å². The number of ether oxygens (including phenoxy) is 2. The first-order valence-electron chi connectivity index (χ1n) is 16.6. The monoisotopic (exact) mass is 611 g/mol. The molecule has 7 heteroatoms. The van der Waals surface area contributed by atoms with Gasteiger partial charge in [-0.2, -0.15) is 0 Å². The van der Waals surface area contributed by atoms with Gasteiger partial charge >= 0.3 is 0 Å². The van der Waals surface area contributed by atoms with Crippen LogP contribution in [0.2, 0.25) is 0 Å². The molecular formula is C38H49N3O4. The van der Waals surface area contributed by atoms with Gasteiger partial charge in [0.15, 0.2) is 0 Å². The van der Waals surface area contributed by atoms with Crippen LogP contribution in [-0.4, -0.2) is 47.2 Å². The third-order valence-corrected chi connectivity index (χ3v) is 8.16. The Labute approximate surface area is 268 Å². The van der Waals surface area contributed by atoms with Crippen LogP contribution in [0.4, 0.5) is 0 Å². The number of nitrogens with two attached hydrogens (primary N) is 1. The zero-order valence-electron chi connectivity index (χ0n) is 27.2. The lowest BCUT2D eigenvalue weighted by molar-refractivity contribution is 0.100. The minimum absolute atomic E-state index is 0.157. The number of fused-ring (bicyclic) bond motifs is 1. The normalized spacial score (nSPS) is 11.3.